The Balaban J connectivity index is 1.74. The molecule has 2 fully saturated rings. The van der Waals surface area contributed by atoms with Crippen LogP contribution in [0.1, 0.15) is 30.4 Å². The van der Waals surface area contributed by atoms with Gasteiger partial charge in [-0.3, -0.25) is 0 Å². The number of oxime groups is 1. The maximum absolute atomic E-state index is 9.70. The third kappa shape index (κ3) is 1.87. The number of anilines is 2. The van der Waals surface area contributed by atoms with Crippen LogP contribution in [0.5, 0.6) is 0 Å². The zero-order valence-corrected chi connectivity index (χ0v) is 13.5. The van der Waals surface area contributed by atoms with E-state index in [9.17, 15) is 5.21 Å². The van der Waals surface area contributed by atoms with Crippen LogP contribution in [0, 0.1) is 11.8 Å². The third-order valence-electron chi connectivity index (χ3n) is 5.87. The summed E-state index contributed by atoms with van der Waals surface area (Å²) in [6.45, 7) is 0. The van der Waals surface area contributed by atoms with Crippen LogP contribution >= 0.6 is 0 Å². The summed E-state index contributed by atoms with van der Waals surface area (Å²) in [6, 6.07) is 17.2. The fourth-order valence-corrected chi connectivity index (χ4v) is 4.84. The largest absolute Gasteiger partial charge is 0.411 e. The Morgan fingerprint density at radius 1 is 0.875 bits per heavy atom. The van der Waals surface area contributed by atoms with Crippen molar-refractivity contribution in [3.63, 3.8) is 0 Å². The van der Waals surface area contributed by atoms with E-state index in [1.54, 1.807) is 0 Å². The van der Waals surface area contributed by atoms with E-state index in [4.69, 9.17) is 0 Å². The van der Waals surface area contributed by atoms with E-state index in [1.165, 1.54) is 28.9 Å². The van der Waals surface area contributed by atoms with Crippen LogP contribution in [0.15, 0.2) is 53.7 Å². The van der Waals surface area contributed by atoms with Crippen molar-refractivity contribution >= 4 is 29.2 Å². The Kier molecular flexibility index (Phi) is 3.02. The first-order chi connectivity index (χ1) is 11.9. The molecule has 0 aromatic heterocycles. The van der Waals surface area contributed by atoms with Crippen molar-refractivity contribution in [1.82, 2.24) is 0 Å². The number of benzene rings is 2. The van der Waals surface area contributed by atoms with Gasteiger partial charge in [0.25, 0.3) is 0 Å². The van der Waals surface area contributed by atoms with E-state index in [2.05, 4.69) is 70.7 Å². The summed E-state index contributed by atoms with van der Waals surface area (Å²) in [7, 11) is 0. The van der Waals surface area contributed by atoms with Gasteiger partial charge in [0.2, 0.25) is 0 Å². The summed E-state index contributed by atoms with van der Waals surface area (Å²) in [5, 5.41) is 13.5. The molecular formula is C21H20N2O. The van der Waals surface area contributed by atoms with E-state index < -0.39 is 0 Å². The molecule has 3 atom stereocenters. The molecule has 2 aliphatic carbocycles. The van der Waals surface area contributed by atoms with Crippen LogP contribution in [0.25, 0.3) is 12.2 Å². The van der Waals surface area contributed by atoms with Gasteiger partial charge in [-0.2, -0.15) is 0 Å². The van der Waals surface area contributed by atoms with E-state index in [-0.39, 0.29) is 6.04 Å². The van der Waals surface area contributed by atoms with Gasteiger partial charge < -0.3 is 10.1 Å². The summed E-state index contributed by atoms with van der Waals surface area (Å²) in [4.78, 5) is 2.42. The fraction of sp³-hybridized carbons (Fsp3) is 0.286. The molecule has 2 saturated carbocycles. The van der Waals surface area contributed by atoms with Crippen molar-refractivity contribution in [2.75, 3.05) is 4.90 Å². The van der Waals surface area contributed by atoms with E-state index in [0.717, 1.165) is 18.6 Å². The number of fused-ring (bicyclic) bond motifs is 4. The van der Waals surface area contributed by atoms with E-state index >= 15 is 0 Å². The Morgan fingerprint density at radius 2 is 1.50 bits per heavy atom. The second kappa shape index (κ2) is 5.23. The number of rotatable bonds is 1. The minimum atomic E-state index is 0.163. The average Bonchev–Trinajstić information content (AvgIpc) is 3.19. The molecule has 3 aliphatic rings. The standard InChI is InChI=1S/C21H20N2O/c24-22-20-16-11-12-17(13-16)21(20)23-18-7-3-1-5-14(18)9-10-15-6-2-4-8-19(15)23/h1-10,16-17,21,24H,11-13H2. The van der Waals surface area contributed by atoms with Gasteiger partial charge in [-0.25, -0.2) is 0 Å². The van der Waals surface area contributed by atoms with Crippen molar-refractivity contribution in [1.29, 1.82) is 0 Å². The molecule has 120 valence electrons. The summed E-state index contributed by atoms with van der Waals surface area (Å²) < 4.78 is 0. The van der Waals surface area contributed by atoms with Gasteiger partial charge in [-0.1, -0.05) is 53.7 Å². The molecule has 0 saturated heterocycles. The molecule has 24 heavy (non-hydrogen) atoms. The fourth-order valence-electron chi connectivity index (χ4n) is 4.84. The molecule has 0 amide bonds. The number of nitrogens with zero attached hydrogens (tertiary/aromatic N) is 2. The van der Waals surface area contributed by atoms with E-state index in [1.807, 2.05) is 0 Å². The number of hydrogen-bond acceptors (Lipinski definition) is 3. The normalized spacial score (nSPS) is 28.8. The molecule has 1 aliphatic heterocycles. The molecule has 2 aromatic rings. The van der Waals surface area contributed by atoms with Gasteiger partial charge in [-0.05, 0) is 48.4 Å². The molecular weight excluding hydrogens is 296 g/mol. The van der Waals surface area contributed by atoms with Gasteiger partial charge in [0.05, 0.1) is 11.8 Å². The molecule has 0 spiro atoms. The molecule has 3 heteroatoms. The van der Waals surface area contributed by atoms with Crippen LogP contribution in [-0.4, -0.2) is 17.0 Å². The summed E-state index contributed by atoms with van der Waals surface area (Å²) in [6.07, 6.45) is 7.92. The van der Waals surface area contributed by atoms with Gasteiger partial charge in [-0.15, -0.1) is 0 Å². The highest BCUT2D eigenvalue weighted by Gasteiger charge is 2.49. The lowest BCUT2D eigenvalue weighted by Gasteiger charge is -2.37. The lowest BCUT2D eigenvalue weighted by molar-refractivity contribution is 0.311. The lowest BCUT2D eigenvalue weighted by atomic mass is 9.90. The summed E-state index contributed by atoms with van der Waals surface area (Å²) >= 11 is 0. The zero-order valence-electron chi connectivity index (χ0n) is 13.5. The Morgan fingerprint density at radius 3 is 2.12 bits per heavy atom. The maximum atomic E-state index is 9.70. The minimum absolute atomic E-state index is 0.163. The lowest BCUT2D eigenvalue weighted by Crippen LogP contribution is -2.42. The van der Waals surface area contributed by atoms with Crippen LogP contribution in [0.3, 0.4) is 0 Å². The highest BCUT2D eigenvalue weighted by molar-refractivity contribution is 6.01. The first-order valence-corrected chi connectivity index (χ1v) is 8.74. The first kappa shape index (κ1) is 13.8. The van der Waals surface area contributed by atoms with Gasteiger partial charge in [0.15, 0.2) is 0 Å². The maximum Gasteiger partial charge on any atom is 0.0832 e. The Labute approximate surface area is 141 Å². The average molecular weight is 316 g/mol. The summed E-state index contributed by atoms with van der Waals surface area (Å²) in [5.74, 6) is 1.01. The van der Waals surface area contributed by atoms with Crippen molar-refractivity contribution in [2.45, 2.75) is 25.3 Å². The predicted octanol–water partition coefficient (Wildman–Crippen LogP) is 4.94. The van der Waals surface area contributed by atoms with E-state index in [0.29, 0.717) is 11.8 Å². The predicted molar refractivity (Wildman–Crippen MR) is 97.8 cm³/mol. The van der Waals surface area contributed by atoms with Crippen molar-refractivity contribution in [3.05, 3.63) is 59.7 Å². The molecule has 3 nitrogen and oxygen atoms in total. The topological polar surface area (TPSA) is 35.8 Å². The Bertz CT molecular complexity index is 805. The van der Waals surface area contributed by atoms with Crippen LogP contribution < -0.4 is 4.90 Å². The molecule has 2 bridgehead atoms. The van der Waals surface area contributed by atoms with Gasteiger partial charge >= 0.3 is 0 Å². The highest BCUT2D eigenvalue weighted by atomic mass is 16.4. The highest BCUT2D eigenvalue weighted by Crippen LogP contribution is 2.49. The SMILES string of the molecule is ON=C1C2CCC(C2)C1N1c2ccccc2C=Cc2ccccc21. The monoisotopic (exact) mass is 316 g/mol. The van der Waals surface area contributed by atoms with Crippen LogP contribution in [-0.2, 0) is 0 Å². The summed E-state index contributed by atoms with van der Waals surface area (Å²) in [5.41, 5.74) is 5.81. The van der Waals surface area contributed by atoms with Crippen molar-refractivity contribution < 1.29 is 5.21 Å². The second-order valence-electron chi connectivity index (χ2n) is 7.06. The third-order valence-corrected chi connectivity index (χ3v) is 5.87. The van der Waals surface area contributed by atoms with Gasteiger partial charge in [0, 0.05) is 17.3 Å². The first-order valence-electron chi connectivity index (χ1n) is 8.74. The zero-order chi connectivity index (χ0) is 16.1. The molecule has 1 N–H and O–H groups in total. The molecule has 0 radical (unpaired) electrons. The van der Waals surface area contributed by atoms with Gasteiger partial charge in [0.1, 0.15) is 0 Å². The van der Waals surface area contributed by atoms with Crippen molar-refractivity contribution in [2.24, 2.45) is 17.0 Å². The molecule has 1 heterocycles. The number of para-hydroxylation sites is 2. The molecule has 3 unspecified atom stereocenters. The van der Waals surface area contributed by atoms with Crippen LogP contribution in [0.4, 0.5) is 11.4 Å². The molecule has 2 aromatic carbocycles. The number of hydrogen-bond donors (Lipinski definition) is 1. The van der Waals surface area contributed by atoms with Crippen LogP contribution in [0.2, 0.25) is 0 Å². The smallest absolute Gasteiger partial charge is 0.0832 e. The second-order valence-corrected chi connectivity index (χ2v) is 7.06. The quantitative estimate of drug-likeness (QED) is 0.597. The van der Waals surface area contributed by atoms with Crippen molar-refractivity contribution in [3.8, 4) is 0 Å². The minimum Gasteiger partial charge on any atom is -0.411 e. The Hall–Kier alpha value is -2.55. The molecule has 5 rings (SSSR count).